The summed E-state index contributed by atoms with van der Waals surface area (Å²) in [5, 5.41) is 10.5. The highest BCUT2D eigenvalue weighted by atomic mass is 32.1. The lowest BCUT2D eigenvalue weighted by atomic mass is 9.69. The lowest BCUT2D eigenvalue weighted by Gasteiger charge is -2.40. The molecule has 22 heavy (non-hydrogen) atoms. The van der Waals surface area contributed by atoms with E-state index in [0.717, 1.165) is 40.7 Å². The maximum absolute atomic E-state index is 12.7. The van der Waals surface area contributed by atoms with Crippen molar-refractivity contribution in [2.45, 2.75) is 32.7 Å². The van der Waals surface area contributed by atoms with Crippen LogP contribution in [0.4, 0.5) is 0 Å². The molecule has 0 radical (unpaired) electrons. The SMILES string of the molecule is Cc1ccc2c(n1)sc1c(=O)n(CC3(CO)CCC3)cnc12. The van der Waals surface area contributed by atoms with Gasteiger partial charge in [-0.25, -0.2) is 9.97 Å². The Morgan fingerprint density at radius 3 is 2.91 bits per heavy atom. The third kappa shape index (κ3) is 1.98. The van der Waals surface area contributed by atoms with Crippen molar-refractivity contribution < 1.29 is 5.11 Å². The Kier molecular flexibility index (Phi) is 3.06. The maximum Gasteiger partial charge on any atom is 0.271 e. The van der Waals surface area contributed by atoms with E-state index in [9.17, 15) is 9.90 Å². The first kappa shape index (κ1) is 13.8. The smallest absolute Gasteiger partial charge is 0.271 e. The summed E-state index contributed by atoms with van der Waals surface area (Å²) in [5.41, 5.74) is 1.52. The Morgan fingerprint density at radius 1 is 1.41 bits per heavy atom. The molecule has 0 aromatic carbocycles. The fourth-order valence-electron chi connectivity index (χ4n) is 3.16. The van der Waals surface area contributed by atoms with E-state index in [1.165, 1.54) is 11.3 Å². The third-order valence-corrected chi connectivity index (χ3v) is 5.78. The van der Waals surface area contributed by atoms with Crippen LogP contribution in [0.15, 0.2) is 23.3 Å². The van der Waals surface area contributed by atoms with Crippen LogP contribution in [0.2, 0.25) is 0 Å². The molecular formula is C16H17N3O2S. The number of aliphatic hydroxyl groups is 1. The van der Waals surface area contributed by atoms with E-state index in [-0.39, 0.29) is 17.6 Å². The van der Waals surface area contributed by atoms with Gasteiger partial charge in [-0.3, -0.25) is 9.36 Å². The minimum absolute atomic E-state index is 0.0228. The molecule has 1 aliphatic rings. The quantitative estimate of drug-likeness (QED) is 0.806. The third-order valence-electron chi connectivity index (χ3n) is 4.71. The summed E-state index contributed by atoms with van der Waals surface area (Å²) < 4.78 is 2.31. The summed E-state index contributed by atoms with van der Waals surface area (Å²) in [5.74, 6) is 0. The highest BCUT2D eigenvalue weighted by Crippen LogP contribution is 2.41. The van der Waals surface area contributed by atoms with Crippen LogP contribution in [-0.4, -0.2) is 26.2 Å². The molecule has 3 heterocycles. The van der Waals surface area contributed by atoms with Crippen molar-refractivity contribution >= 4 is 31.8 Å². The van der Waals surface area contributed by atoms with E-state index >= 15 is 0 Å². The fraction of sp³-hybridized carbons (Fsp3) is 0.438. The summed E-state index contributed by atoms with van der Waals surface area (Å²) in [6, 6.07) is 3.92. The van der Waals surface area contributed by atoms with E-state index in [1.807, 2.05) is 19.1 Å². The van der Waals surface area contributed by atoms with Crippen LogP contribution in [0, 0.1) is 12.3 Å². The van der Waals surface area contributed by atoms with Crippen LogP contribution in [0.3, 0.4) is 0 Å². The summed E-state index contributed by atoms with van der Waals surface area (Å²) in [4.78, 5) is 22.6. The number of aromatic nitrogens is 3. The minimum Gasteiger partial charge on any atom is -0.396 e. The van der Waals surface area contributed by atoms with Crippen molar-refractivity contribution in [1.29, 1.82) is 0 Å². The van der Waals surface area contributed by atoms with Crippen molar-refractivity contribution in [2.24, 2.45) is 5.41 Å². The van der Waals surface area contributed by atoms with E-state index in [1.54, 1.807) is 10.9 Å². The molecule has 0 aliphatic heterocycles. The zero-order valence-corrected chi connectivity index (χ0v) is 13.2. The Morgan fingerprint density at radius 2 is 2.23 bits per heavy atom. The predicted octanol–water partition coefficient (Wildman–Crippen LogP) is 2.48. The van der Waals surface area contributed by atoms with Gasteiger partial charge in [0.1, 0.15) is 9.53 Å². The van der Waals surface area contributed by atoms with Gasteiger partial charge >= 0.3 is 0 Å². The van der Waals surface area contributed by atoms with Crippen LogP contribution in [0.1, 0.15) is 25.0 Å². The number of nitrogens with zero attached hydrogens (tertiary/aromatic N) is 3. The van der Waals surface area contributed by atoms with Gasteiger partial charge in [-0.05, 0) is 31.9 Å². The monoisotopic (exact) mass is 315 g/mol. The van der Waals surface area contributed by atoms with Crippen LogP contribution >= 0.6 is 11.3 Å². The van der Waals surface area contributed by atoms with E-state index in [4.69, 9.17) is 0 Å². The largest absolute Gasteiger partial charge is 0.396 e. The fourth-order valence-corrected chi connectivity index (χ4v) is 4.28. The second-order valence-electron chi connectivity index (χ2n) is 6.27. The Hall–Kier alpha value is -1.79. The van der Waals surface area contributed by atoms with E-state index in [2.05, 4.69) is 9.97 Å². The molecule has 3 aromatic rings. The molecular weight excluding hydrogens is 298 g/mol. The van der Waals surface area contributed by atoms with Gasteiger partial charge in [0.15, 0.2) is 0 Å². The topological polar surface area (TPSA) is 68.0 Å². The molecule has 0 amide bonds. The van der Waals surface area contributed by atoms with Gasteiger partial charge in [-0.15, -0.1) is 11.3 Å². The highest BCUT2D eigenvalue weighted by Gasteiger charge is 2.37. The highest BCUT2D eigenvalue weighted by molar-refractivity contribution is 7.25. The number of thiophene rings is 1. The van der Waals surface area contributed by atoms with Crippen molar-refractivity contribution in [3.8, 4) is 0 Å². The normalized spacial score (nSPS) is 17.0. The Bertz CT molecular complexity index is 919. The molecule has 0 saturated heterocycles. The number of fused-ring (bicyclic) bond motifs is 3. The van der Waals surface area contributed by atoms with Crippen LogP contribution < -0.4 is 5.56 Å². The standard InChI is InChI=1S/C16H17N3O2S/c1-10-3-4-11-12-13(22-14(11)18-10)15(21)19(9-17-12)7-16(8-20)5-2-6-16/h3-4,9,20H,2,5-8H2,1H3. The second kappa shape index (κ2) is 4.86. The van der Waals surface area contributed by atoms with Crippen molar-refractivity contribution in [3.63, 3.8) is 0 Å². The van der Waals surface area contributed by atoms with Gasteiger partial charge in [-0.1, -0.05) is 6.42 Å². The number of aryl methyl sites for hydroxylation is 1. The van der Waals surface area contributed by atoms with Crippen LogP contribution in [-0.2, 0) is 6.54 Å². The molecule has 1 fully saturated rings. The Labute approximate surface area is 131 Å². The van der Waals surface area contributed by atoms with Gasteiger partial charge in [-0.2, -0.15) is 0 Å². The average molecular weight is 315 g/mol. The number of hydrogen-bond acceptors (Lipinski definition) is 5. The van der Waals surface area contributed by atoms with Crippen molar-refractivity contribution in [1.82, 2.24) is 14.5 Å². The molecule has 1 saturated carbocycles. The molecule has 4 rings (SSSR count). The average Bonchev–Trinajstić information content (AvgIpc) is 2.83. The van der Waals surface area contributed by atoms with Crippen LogP contribution in [0.25, 0.3) is 20.4 Å². The summed E-state index contributed by atoms with van der Waals surface area (Å²) >= 11 is 1.41. The zero-order valence-electron chi connectivity index (χ0n) is 12.4. The first-order chi connectivity index (χ1) is 10.6. The van der Waals surface area contributed by atoms with Gasteiger partial charge in [0.2, 0.25) is 0 Å². The molecule has 5 nitrogen and oxygen atoms in total. The van der Waals surface area contributed by atoms with Crippen molar-refractivity contribution in [2.75, 3.05) is 6.61 Å². The predicted molar refractivity (Wildman–Crippen MR) is 87.3 cm³/mol. The molecule has 1 N–H and O–H groups in total. The number of rotatable bonds is 3. The van der Waals surface area contributed by atoms with Crippen molar-refractivity contribution in [3.05, 3.63) is 34.5 Å². The van der Waals surface area contributed by atoms with Gasteiger partial charge < -0.3 is 5.11 Å². The molecule has 0 atom stereocenters. The molecule has 0 bridgehead atoms. The second-order valence-corrected chi connectivity index (χ2v) is 7.27. The van der Waals surface area contributed by atoms with Gasteiger partial charge in [0.05, 0.1) is 18.5 Å². The van der Waals surface area contributed by atoms with Gasteiger partial charge in [0.25, 0.3) is 5.56 Å². The van der Waals surface area contributed by atoms with E-state index in [0.29, 0.717) is 11.2 Å². The summed E-state index contributed by atoms with van der Waals surface area (Å²) in [6.45, 7) is 2.62. The van der Waals surface area contributed by atoms with Crippen LogP contribution in [0.5, 0.6) is 0 Å². The lowest BCUT2D eigenvalue weighted by molar-refractivity contribution is 0.0266. The maximum atomic E-state index is 12.7. The summed E-state index contributed by atoms with van der Waals surface area (Å²) in [7, 11) is 0. The molecule has 3 aromatic heterocycles. The number of aliphatic hydroxyl groups excluding tert-OH is 1. The Balaban J connectivity index is 1.86. The lowest BCUT2D eigenvalue weighted by Crippen LogP contribution is -2.40. The zero-order chi connectivity index (χ0) is 15.3. The molecule has 1 aliphatic carbocycles. The molecule has 0 unspecified atom stereocenters. The first-order valence-corrected chi connectivity index (χ1v) is 8.30. The first-order valence-electron chi connectivity index (χ1n) is 7.48. The van der Waals surface area contributed by atoms with E-state index < -0.39 is 0 Å². The number of hydrogen-bond donors (Lipinski definition) is 1. The van der Waals surface area contributed by atoms with Gasteiger partial charge in [0, 0.05) is 23.0 Å². The summed E-state index contributed by atoms with van der Waals surface area (Å²) in [6.07, 6.45) is 4.69. The minimum atomic E-state index is -0.134. The number of pyridine rings is 1. The molecule has 6 heteroatoms. The molecule has 0 spiro atoms. The molecule has 114 valence electrons.